The topological polar surface area (TPSA) is 55.5 Å². The molecular formula is C5H8N2O. The van der Waals surface area contributed by atoms with E-state index in [-0.39, 0.29) is 0 Å². The van der Waals surface area contributed by atoms with Crippen LogP contribution in [-0.2, 0) is 4.79 Å². The molecule has 8 heavy (non-hydrogen) atoms. The van der Waals surface area contributed by atoms with Crippen LogP contribution in [0.1, 0.15) is 0 Å². The first-order valence-electron chi connectivity index (χ1n) is 2.14. The number of allylic oxidation sites excluding steroid dienone is 1. The first-order chi connectivity index (χ1) is 3.85. The molecule has 3 heteroatoms. The van der Waals surface area contributed by atoms with Crippen LogP contribution in [0.15, 0.2) is 16.8 Å². The van der Waals surface area contributed by atoms with Crippen molar-refractivity contribution >= 4 is 12.5 Å². The van der Waals surface area contributed by atoms with E-state index >= 15 is 0 Å². The van der Waals surface area contributed by atoms with E-state index < -0.39 is 0 Å². The SMILES string of the molecule is CN=C/C(C=O)=C\N. The van der Waals surface area contributed by atoms with Gasteiger partial charge < -0.3 is 5.73 Å². The van der Waals surface area contributed by atoms with Gasteiger partial charge in [-0.2, -0.15) is 0 Å². The fourth-order valence-electron chi connectivity index (χ4n) is 0.262. The Morgan fingerprint density at radius 3 is 2.50 bits per heavy atom. The van der Waals surface area contributed by atoms with Gasteiger partial charge >= 0.3 is 0 Å². The van der Waals surface area contributed by atoms with Gasteiger partial charge in [-0.05, 0) is 0 Å². The molecule has 0 aliphatic rings. The third kappa shape index (κ3) is 2.12. The van der Waals surface area contributed by atoms with Crippen LogP contribution in [0.5, 0.6) is 0 Å². The Labute approximate surface area is 47.9 Å². The second-order valence-corrected chi connectivity index (χ2v) is 1.17. The molecular weight excluding hydrogens is 104 g/mol. The average Bonchev–Trinajstić information content (AvgIpc) is 1.83. The number of aldehydes is 1. The first kappa shape index (κ1) is 6.88. The molecule has 3 nitrogen and oxygen atoms in total. The Kier molecular flexibility index (Phi) is 3.48. The molecule has 0 saturated heterocycles. The highest BCUT2D eigenvalue weighted by Gasteiger charge is 1.81. The second-order valence-electron chi connectivity index (χ2n) is 1.17. The van der Waals surface area contributed by atoms with E-state index in [1.807, 2.05) is 0 Å². The molecule has 44 valence electrons. The molecule has 0 bridgehead atoms. The molecule has 2 N–H and O–H groups in total. The number of rotatable bonds is 2. The summed E-state index contributed by atoms with van der Waals surface area (Å²) in [6.45, 7) is 0. The summed E-state index contributed by atoms with van der Waals surface area (Å²) in [4.78, 5) is 13.5. The van der Waals surface area contributed by atoms with Crippen molar-refractivity contribution in [2.24, 2.45) is 10.7 Å². The lowest BCUT2D eigenvalue weighted by Gasteiger charge is -1.80. The number of aliphatic imine (C=N–C) groups is 1. The largest absolute Gasteiger partial charge is 0.404 e. The van der Waals surface area contributed by atoms with Crippen molar-refractivity contribution in [2.75, 3.05) is 7.05 Å². The van der Waals surface area contributed by atoms with Crippen molar-refractivity contribution in [1.29, 1.82) is 0 Å². The maximum atomic E-state index is 9.89. The van der Waals surface area contributed by atoms with Crippen LogP contribution in [0.25, 0.3) is 0 Å². The zero-order valence-electron chi connectivity index (χ0n) is 4.66. The third-order valence-electron chi connectivity index (χ3n) is 0.607. The fraction of sp³-hybridized carbons (Fsp3) is 0.200. The summed E-state index contributed by atoms with van der Waals surface area (Å²) in [5, 5.41) is 0. The molecule has 0 aromatic rings. The number of hydrogen-bond donors (Lipinski definition) is 1. The molecule has 0 aliphatic carbocycles. The van der Waals surface area contributed by atoms with Crippen LogP contribution in [0, 0.1) is 0 Å². The Bertz CT molecular complexity index is 126. The minimum absolute atomic E-state index is 0.396. The fourth-order valence-corrected chi connectivity index (χ4v) is 0.262. The van der Waals surface area contributed by atoms with Crippen molar-refractivity contribution in [2.45, 2.75) is 0 Å². The summed E-state index contributed by atoms with van der Waals surface area (Å²) >= 11 is 0. The summed E-state index contributed by atoms with van der Waals surface area (Å²) in [5.41, 5.74) is 5.38. The number of carbonyl (C=O) groups excluding carboxylic acids is 1. The molecule has 0 fully saturated rings. The zero-order valence-corrected chi connectivity index (χ0v) is 4.66. The first-order valence-corrected chi connectivity index (χ1v) is 2.14. The van der Waals surface area contributed by atoms with Crippen molar-refractivity contribution in [1.82, 2.24) is 0 Å². The van der Waals surface area contributed by atoms with E-state index in [0.29, 0.717) is 11.9 Å². The van der Waals surface area contributed by atoms with Crippen LogP contribution in [0.4, 0.5) is 0 Å². The lowest BCUT2D eigenvalue weighted by molar-refractivity contribution is -0.104. The highest BCUT2D eigenvalue weighted by molar-refractivity contribution is 6.01. The van der Waals surface area contributed by atoms with Gasteiger partial charge in [0.25, 0.3) is 0 Å². The smallest absolute Gasteiger partial charge is 0.153 e. The lowest BCUT2D eigenvalue weighted by Crippen LogP contribution is -1.90. The van der Waals surface area contributed by atoms with Crippen molar-refractivity contribution in [3.63, 3.8) is 0 Å². The predicted molar refractivity (Wildman–Crippen MR) is 32.8 cm³/mol. The summed E-state index contributed by atoms with van der Waals surface area (Å²) in [7, 11) is 1.58. The van der Waals surface area contributed by atoms with Gasteiger partial charge in [0.05, 0.1) is 0 Å². The Morgan fingerprint density at radius 1 is 1.75 bits per heavy atom. The van der Waals surface area contributed by atoms with E-state index in [9.17, 15) is 4.79 Å². The highest BCUT2D eigenvalue weighted by Crippen LogP contribution is 1.76. The van der Waals surface area contributed by atoms with Crippen molar-refractivity contribution < 1.29 is 4.79 Å². The molecule has 0 rings (SSSR count). The second kappa shape index (κ2) is 4.05. The van der Waals surface area contributed by atoms with Gasteiger partial charge in [-0.15, -0.1) is 0 Å². The van der Waals surface area contributed by atoms with Crippen LogP contribution >= 0.6 is 0 Å². The van der Waals surface area contributed by atoms with E-state index in [2.05, 4.69) is 4.99 Å². The summed E-state index contributed by atoms with van der Waals surface area (Å²) in [5.74, 6) is 0. The van der Waals surface area contributed by atoms with Gasteiger partial charge in [0.2, 0.25) is 0 Å². The van der Waals surface area contributed by atoms with E-state index in [4.69, 9.17) is 5.73 Å². The standard InChI is InChI=1S/C5H8N2O/c1-7-3-5(2-6)4-8/h2-4H,6H2,1H3/b5-2+,7-3?. The van der Waals surface area contributed by atoms with Gasteiger partial charge in [-0.25, -0.2) is 0 Å². The monoisotopic (exact) mass is 112 g/mol. The van der Waals surface area contributed by atoms with Crippen LogP contribution in [0.2, 0.25) is 0 Å². The van der Waals surface area contributed by atoms with E-state index in [1.165, 1.54) is 12.4 Å². The Balaban J connectivity index is 3.91. The van der Waals surface area contributed by atoms with Crippen molar-refractivity contribution in [3.05, 3.63) is 11.8 Å². The summed E-state index contributed by atoms with van der Waals surface area (Å²) in [6, 6.07) is 0. The lowest BCUT2D eigenvalue weighted by atomic mass is 10.3. The number of nitrogens with zero attached hydrogens (tertiary/aromatic N) is 1. The average molecular weight is 112 g/mol. The molecule has 0 aromatic heterocycles. The minimum atomic E-state index is 0.396. The Morgan fingerprint density at radius 2 is 2.38 bits per heavy atom. The number of hydrogen-bond acceptors (Lipinski definition) is 3. The highest BCUT2D eigenvalue weighted by atomic mass is 16.1. The predicted octanol–water partition coefficient (Wildman–Crippen LogP) is -0.271. The molecule has 0 heterocycles. The molecule has 0 saturated carbocycles. The van der Waals surface area contributed by atoms with Crippen LogP contribution < -0.4 is 5.73 Å². The maximum absolute atomic E-state index is 9.89. The maximum Gasteiger partial charge on any atom is 0.153 e. The molecule has 0 aromatic carbocycles. The molecule has 0 aliphatic heterocycles. The molecule has 0 spiro atoms. The molecule has 0 radical (unpaired) electrons. The quantitative estimate of drug-likeness (QED) is 0.303. The van der Waals surface area contributed by atoms with Crippen LogP contribution in [0.3, 0.4) is 0 Å². The number of carbonyl (C=O) groups is 1. The molecule has 0 unspecified atom stereocenters. The minimum Gasteiger partial charge on any atom is -0.404 e. The summed E-state index contributed by atoms with van der Waals surface area (Å²) in [6.07, 6.45) is 3.25. The third-order valence-corrected chi connectivity index (χ3v) is 0.607. The molecule has 0 amide bonds. The normalized spacial score (nSPS) is 12.4. The zero-order chi connectivity index (χ0) is 6.41. The van der Waals surface area contributed by atoms with Gasteiger partial charge in [-0.3, -0.25) is 9.79 Å². The van der Waals surface area contributed by atoms with Gasteiger partial charge in [0, 0.05) is 25.0 Å². The van der Waals surface area contributed by atoms with Crippen LogP contribution in [-0.4, -0.2) is 19.5 Å². The van der Waals surface area contributed by atoms with Gasteiger partial charge in [-0.1, -0.05) is 0 Å². The van der Waals surface area contributed by atoms with Crippen molar-refractivity contribution in [3.8, 4) is 0 Å². The van der Waals surface area contributed by atoms with Gasteiger partial charge in [0.15, 0.2) is 6.29 Å². The summed E-state index contributed by atoms with van der Waals surface area (Å²) < 4.78 is 0. The number of nitrogens with two attached hydrogens (primary N) is 1. The molecule has 0 atom stereocenters. The van der Waals surface area contributed by atoms with Gasteiger partial charge in [0.1, 0.15) is 0 Å². The Hall–Kier alpha value is -1.12. The van der Waals surface area contributed by atoms with E-state index in [0.717, 1.165) is 0 Å². The van der Waals surface area contributed by atoms with E-state index in [1.54, 1.807) is 7.05 Å².